The number of hydrogen-bond donors (Lipinski definition) is 1. The van der Waals surface area contributed by atoms with E-state index in [4.69, 9.17) is 4.74 Å². The predicted molar refractivity (Wildman–Crippen MR) is 70.0 cm³/mol. The lowest BCUT2D eigenvalue weighted by Gasteiger charge is -2.41. The van der Waals surface area contributed by atoms with Crippen molar-refractivity contribution in [2.45, 2.75) is 19.1 Å². The van der Waals surface area contributed by atoms with Crippen molar-refractivity contribution in [2.75, 3.05) is 33.3 Å². The molecule has 20 heavy (non-hydrogen) atoms. The first-order valence-electron chi connectivity index (χ1n) is 6.73. The van der Waals surface area contributed by atoms with Gasteiger partial charge in [0.1, 0.15) is 0 Å². The zero-order chi connectivity index (χ0) is 14.7. The van der Waals surface area contributed by atoms with E-state index in [2.05, 4.69) is 10.2 Å². The highest BCUT2D eigenvalue weighted by Crippen LogP contribution is 2.30. The number of benzene rings is 1. The van der Waals surface area contributed by atoms with Crippen molar-refractivity contribution in [3.8, 4) is 0 Å². The molecule has 1 heterocycles. The zero-order valence-electron chi connectivity index (χ0n) is 11.6. The summed E-state index contributed by atoms with van der Waals surface area (Å²) < 4.78 is 45.7. The van der Waals surface area contributed by atoms with Crippen LogP contribution in [0.5, 0.6) is 0 Å². The summed E-state index contributed by atoms with van der Waals surface area (Å²) in [5, 5.41) is 3.01. The van der Waals surface area contributed by atoms with E-state index < -0.39 is 17.5 Å². The second-order valence-electron chi connectivity index (χ2n) is 4.84. The Morgan fingerprint density at radius 2 is 1.95 bits per heavy atom. The van der Waals surface area contributed by atoms with E-state index >= 15 is 0 Å². The van der Waals surface area contributed by atoms with E-state index in [-0.39, 0.29) is 12.1 Å². The van der Waals surface area contributed by atoms with E-state index in [0.29, 0.717) is 25.3 Å². The first kappa shape index (κ1) is 15.3. The van der Waals surface area contributed by atoms with Crippen molar-refractivity contribution in [3.05, 3.63) is 35.1 Å². The minimum Gasteiger partial charge on any atom is -0.374 e. The number of likely N-dealkylation sites (N-methyl/N-ethyl adjacent to an activating group) is 2. The Kier molecular flexibility index (Phi) is 5.01. The molecule has 112 valence electrons. The summed E-state index contributed by atoms with van der Waals surface area (Å²) in [7, 11) is 1.79. The van der Waals surface area contributed by atoms with Crippen LogP contribution in [0.4, 0.5) is 13.2 Å². The highest BCUT2D eigenvalue weighted by Gasteiger charge is 2.33. The molecule has 2 rings (SSSR count). The third kappa shape index (κ3) is 2.97. The molecule has 0 aliphatic carbocycles. The highest BCUT2D eigenvalue weighted by atomic mass is 19.2. The summed E-state index contributed by atoms with van der Waals surface area (Å²) in [5.74, 6) is -3.76. The maximum absolute atomic E-state index is 13.4. The first-order chi connectivity index (χ1) is 9.58. The summed E-state index contributed by atoms with van der Waals surface area (Å²) in [6, 6.07) is 1.83. The van der Waals surface area contributed by atoms with Gasteiger partial charge in [-0.15, -0.1) is 0 Å². The van der Waals surface area contributed by atoms with Crippen LogP contribution in [0.15, 0.2) is 12.1 Å². The molecule has 6 heteroatoms. The molecule has 0 amide bonds. The Morgan fingerprint density at radius 3 is 2.50 bits per heavy atom. The molecular formula is C14H19F3N2O. The van der Waals surface area contributed by atoms with E-state index in [9.17, 15) is 13.2 Å². The number of nitrogens with zero attached hydrogens (tertiary/aromatic N) is 1. The van der Waals surface area contributed by atoms with Crippen molar-refractivity contribution in [1.29, 1.82) is 0 Å². The quantitative estimate of drug-likeness (QED) is 0.859. The normalized spacial score (nSPS) is 24.1. The van der Waals surface area contributed by atoms with Crippen LogP contribution in [0.25, 0.3) is 0 Å². The maximum Gasteiger partial charge on any atom is 0.194 e. The number of ether oxygens (including phenoxy) is 1. The molecule has 1 saturated heterocycles. The molecule has 2 atom stereocenters. The molecular weight excluding hydrogens is 269 g/mol. The Hall–Kier alpha value is -1.11. The van der Waals surface area contributed by atoms with Crippen LogP contribution in [0.1, 0.15) is 18.5 Å². The van der Waals surface area contributed by atoms with Gasteiger partial charge in [-0.3, -0.25) is 4.90 Å². The van der Waals surface area contributed by atoms with Gasteiger partial charge in [-0.1, -0.05) is 6.92 Å². The largest absolute Gasteiger partial charge is 0.374 e. The lowest BCUT2D eigenvalue weighted by atomic mass is 9.97. The van der Waals surface area contributed by atoms with E-state index in [1.54, 1.807) is 7.05 Å². The molecule has 1 aromatic carbocycles. The minimum absolute atomic E-state index is 0.224. The lowest BCUT2D eigenvalue weighted by Crippen LogP contribution is -2.48. The molecule has 0 bridgehead atoms. The SMILES string of the molecule is CCN1CCOC(CNC)C1c1cc(F)c(F)c(F)c1. The van der Waals surface area contributed by atoms with E-state index in [1.807, 2.05) is 6.92 Å². The van der Waals surface area contributed by atoms with Gasteiger partial charge in [0, 0.05) is 13.1 Å². The van der Waals surface area contributed by atoms with Gasteiger partial charge in [-0.05, 0) is 31.3 Å². The van der Waals surface area contributed by atoms with Crippen LogP contribution >= 0.6 is 0 Å². The molecule has 0 aromatic heterocycles. The van der Waals surface area contributed by atoms with Gasteiger partial charge in [0.25, 0.3) is 0 Å². The molecule has 0 spiro atoms. The third-order valence-electron chi connectivity index (χ3n) is 3.62. The van der Waals surface area contributed by atoms with Crippen molar-refractivity contribution < 1.29 is 17.9 Å². The summed E-state index contributed by atoms with van der Waals surface area (Å²) >= 11 is 0. The van der Waals surface area contributed by atoms with Crippen LogP contribution < -0.4 is 5.32 Å². The van der Waals surface area contributed by atoms with Gasteiger partial charge in [-0.2, -0.15) is 0 Å². The summed E-state index contributed by atoms with van der Waals surface area (Å²) in [5.41, 5.74) is 0.406. The molecule has 1 aromatic rings. The Morgan fingerprint density at radius 1 is 1.30 bits per heavy atom. The second kappa shape index (κ2) is 6.56. The number of morpholine rings is 1. The van der Waals surface area contributed by atoms with Gasteiger partial charge in [-0.25, -0.2) is 13.2 Å². The number of halogens is 3. The molecule has 0 saturated carbocycles. The monoisotopic (exact) mass is 288 g/mol. The van der Waals surface area contributed by atoms with Gasteiger partial charge < -0.3 is 10.1 Å². The Balaban J connectivity index is 2.38. The number of rotatable bonds is 4. The van der Waals surface area contributed by atoms with Crippen molar-refractivity contribution in [2.24, 2.45) is 0 Å². The van der Waals surface area contributed by atoms with Gasteiger partial charge in [0.2, 0.25) is 0 Å². The number of nitrogens with one attached hydrogen (secondary N) is 1. The Bertz CT molecular complexity index is 445. The van der Waals surface area contributed by atoms with Crippen LogP contribution in [0.2, 0.25) is 0 Å². The topological polar surface area (TPSA) is 24.5 Å². The average molecular weight is 288 g/mol. The average Bonchev–Trinajstić information content (AvgIpc) is 2.44. The summed E-state index contributed by atoms with van der Waals surface area (Å²) in [6.45, 7) is 4.52. The van der Waals surface area contributed by atoms with Crippen molar-refractivity contribution in [1.82, 2.24) is 10.2 Å². The van der Waals surface area contributed by atoms with Crippen LogP contribution in [-0.2, 0) is 4.74 Å². The van der Waals surface area contributed by atoms with Crippen LogP contribution in [0, 0.1) is 17.5 Å². The molecule has 1 N–H and O–H groups in total. The number of hydrogen-bond acceptors (Lipinski definition) is 3. The smallest absolute Gasteiger partial charge is 0.194 e. The first-order valence-corrected chi connectivity index (χ1v) is 6.73. The molecule has 1 aliphatic rings. The Labute approximate surface area is 116 Å². The summed E-state index contributed by atoms with van der Waals surface area (Å²) in [4.78, 5) is 2.08. The van der Waals surface area contributed by atoms with Gasteiger partial charge >= 0.3 is 0 Å². The fraction of sp³-hybridized carbons (Fsp3) is 0.571. The van der Waals surface area contributed by atoms with Crippen molar-refractivity contribution >= 4 is 0 Å². The third-order valence-corrected chi connectivity index (χ3v) is 3.62. The van der Waals surface area contributed by atoms with E-state index in [1.165, 1.54) is 0 Å². The van der Waals surface area contributed by atoms with Crippen LogP contribution in [-0.4, -0.2) is 44.3 Å². The molecule has 1 aliphatic heterocycles. The molecule has 0 radical (unpaired) electrons. The minimum atomic E-state index is -1.43. The second-order valence-corrected chi connectivity index (χ2v) is 4.84. The molecule has 3 nitrogen and oxygen atoms in total. The fourth-order valence-corrected chi connectivity index (χ4v) is 2.68. The molecule has 2 unspecified atom stereocenters. The fourth-order valence-electron chi connectivity index (χ4n) is 2.68. The van der Waals surface area contributed by atoms with Crippen LogP contribution in [0.3, 0.4) is 0 Å². The lowest BCUT2D eigenvalue weighted by molar-refractivity contribution is -0.0688. The standard InChI is InChI=1S/C14H19F3N2O/c1-3-19-4-5-20-12(8-18-2)14(19)9-6-10(15)13(17)11(16)7-9/h6-7,12,14,18H,3-5,8H2,1-2H3. The maximum atomic E-state index is 13.4. The highest BCUT2D eigenvalue weighted by molar-refractivity contribution is 5.24. The predicted octanol–water partition coefficient (Wildman–Crippen LogP) is 2.09. The van der Waals surface area contributed by atoms with Gasteiger partial charge in [0.05, 0.1) is 18.8 Å². The zero-order valence-corrected chi connectivity index (χ0v) is 11.6. The molecule has 1 fully saturated rings. The summed E-state index contributed by atoms with van der Waals surface area (Å²) in [6.07, 6.45) is -0.224. The van der Waals surface area contributed by atoms with Crippen molar-refractivity contribution in [3.63, 3.8) is 0 Å². The van der Waals surface area contributed by atoms with Gasteiger partial charge in [0.15, 0.2) is 17.5 Å². The van der Waals surface area contributed by atoms with E-state index in [0.717, 1.165) is 18.7 Å².